The Morgan fingerprint density at radius 2 is 1.75 bits per heavy atom. The molecule has 5 nitrogen and oxygen atoms in total. The summed E-state index contributed by atoms with van der Waals surface area (Å²) in [5.41, 5.74) is 5.48. The van der Waals surface area contributed by atoms with Gasteiger partial charge in [-0.3, -0.25) is 0 Å². The van der Waals surface area contributed by atoms with Gasteiger partial charge in [0, 0.05) is 19.1 Å². The molecule has 0 rings (SSSR count). The highest BCUT2D eigenvalue weighted by molar-refractivity contribution is 7.87. The molecule has 0 aromatic rings. The van der Waals surface area contributed by atoms with E-state index < -0.39 is 10.2 Å². The lowest BCUT2D eigenvalue weighted by Crippen LogP contribution is -2.47. The average molecular weight is 251 g/mol. The molecule has 3 N–H and O–H groups in total. The van der Waals surface area contributed by atoms with Crippen LogP contribution in [-0.4, -0.2) is 38.4 Å². The molecule has 0 amide bonds. The van der Waals surface area contributed by atoms with E-state index in [1.807, 2.05) is 27.7 Å². The number of hydrogen-bond acceptors (Lipinski definition) is 3. The maximum atomic E-state index is 12.0. The van der Waals surface area contributed by atoms with Crippen LogP contribution in [0.15, 0.2) is 0 Å². The van der Waals surface area contributed by atoms with E-state index in [1.165, 1.54) is 4.31 Å². The lowest BCUT2D eigenvalue weighted by Gasteiger charge is -2.26. The van der Waals surface area contributed by atoms with Gasteiger partial charge < -0.3 is 5.73 Å². The normalized spacial score (nSPS) is 14.7. The van der Waals surface area contributed by atoms with Crippen molar-refractivity contribution in [3.63, 3.8) is 0 Å². The van der Waals surface area contributed by atoms with Crippen LogP contribution in [-0.2, 0) is 10.2 Å². The quantitative estimate of drug-likeness (QED) is 0.661. The van der Waals surface area contributed by atoms with Gasteiger partial charge in [0.05, 0.1) is 0 Å². The van der Waals surface area contributed by atoms with Gasteiger partial charge in [-0.25, -0.2) is 0 Å². The largest absolute Gasteiger partial charge is 0.330 e. The van der Waals surface area contributed by atoms with Gasteiger partial charge >= 0.3 is 0 Å². The van der Waals surface area contributed by atoms with Crippen LogP contribution >= 0.6 is 0 Å². The summed E-state index contributed by atoms with van der Waals surface area (Å²) in [7, 11) is -3.36. The zero-order valence-corrected chi connectivity index (χ0v) is 11.5. The van der Waals surface area contributed by atoms with Crippen molar-refractivity contribution in [1.82, 2.24) is 9.03 Å². The third-order valence-electron chi connectivity index (χ3n) is 2.63. The van der Waals surface area contributed by atoms with E-state index in [-0.39, 0.29) is 12.0 Å². The molecule has 1 atom stereocenters. The van der Waals surface area contributed by atoms with Crippen LogP contribution < -0.4 is 10.5 Å². The predicted octanol–water partition coefficient (Wildman–Crippen LogP) is 0.536. The maximum Gasteiger partial charge on any atom is 0.279 e. The topological polar surface area (TPSA) is 75.4 Å². The minimum atomic E-state index is -3.36. The minimum absolute atomic E-state index is 0.0874. The van der Waals surface area contributed by atoms with Crippen molar-refractivity contribution in [2.75, 3.05) is 19.6 Å². The molecule has 0 saturated heterocycles. The highest BCUT2D eigenvalue weighted by atomic mass is 32.2. The summed E-state index contributed by atoms with van der Waals surface area (Å²) in [6.45, 7) is 9.10. The van der Waals surface area contributed by atoms with Crippen molar-refractivity contribution < 1.29 is 8.42 Å². The molecular weight excluding hydrogens is 226 g/mol. The number of rotatable bonds is 8. The first-order valence-corrected chi connectivity index (χ1v) is 7.30. The van der Waals surface area contributed by atoms with Crippen LogP contribution in [0, 0.1) is 5.92 Å². The molecule has 0 aromatic heterocycles. The van der Waals surface area contributed by atoms with E-state index in [2.05, 4.69) is 4.72 Å². The van der Waals surface area contributed by atoms with E-state index >= 15 is 0 Å². The first-order valence-electron chi connectivity index (χ1n) is 5.86. The Morgan fingerprint density at radius 3 is 2.06 bits per heavy atom. The van der Waals surface area contributed by atoms with Crippen LogP contribution in [0.2, 0.25) is 0 Å². The Hall–Kier alpha value is -0.170. The average Bonchev–Trinajstić information content (AvgIpc) is 2.18. The second kappa shape index (κ2) is 7.21. The first-order chi connectivity index (χ1) is 7.38. The Labute approximate surface area is 99.6 Å². The number of hydrogen-bond donors (Lipinski definition) is 2. The van der Waals surface area contributed by atoms with Gasteiger partial charge in [-0.2, -0.15) is 17.4 Å². The van der Waals surface area contributed by atoms with E-state index in [0.717, 1.165) is 0 Å². The number of nitrogens with zero attached hydrogens (tertiary/aromatic N) is 1. The van der Waals surface area contributed by atoms with Gasteiger partial charge in [-0.05, 0) is 18.9 Å². The van der Waals surface area contributed by atoms with Crippen molar-refractivity contribution in [3.8, 4) is 0 Å². The molecule has 0 saturated carbocycles. The predicted molar refractivity (Wildman–Crippen MR) is 67.3 cm³/mol. The molecule has 0 aliphatic rings. The van der Waals surface area contributed by atoms with E-state index in [9.17, 15) is 8.42 Å². The molecule has 0 aliphatic carbocycles. The molecule has 0 aliphatic heterocycles. The fourth-order valence-corrected chi connectivity index (χ4v) is 3.14. The van der Waals surface area contributed by atoms with Crippen molar-refractivity contribution >= 4 is 10.2 Å². The third kappa shape index (κ3) is 4.78. The van der Waals surface area contributed by atoms with Crippen LogP contribution in [0.25, 0.3) is 0 Å². The van der Waals surface area contributed by atoms with Crippen molar-refractivity contribution in [2.24, 2.45) is 11.7 Å². The SMILES string of the molecule is CCN(CC)S(=O)(=O)NC(CCN)C(C)C. The number of nitrogens with two attached hydrogens (primary N) is 1. The van der Waals surface area contributed by atoms with Gasteiger partial charge in [-0.1, -0.05) is 27.7 Å². The van der Waals surface area contributed by atoms with Crippen molar-refractivity contribution in [3.05, 3.63) is 0 Å². The molecule has 6 heteroatoms. The first kappa shape index (κ1) is 15.8. The Balaban J connectivity index is 4.64. The van der Waals surface area contributed by atoms with E-state index in [1.54, 1.807) is 0 Å². The van der Waals surface area contributed by atoms with Gasteiger partial charge in [0.1, 0.15) is 0 Å². The zero-order chi connectivity index (χ0) is 12.8. The molecule has 0 heterocycles. The van der Waals surface area contributed by atoms with Gasteiger partial charge in [0.15, 0.2) is 0 Å². The molecule has 16 heavy (non-hydrogen) atoms. The molecule has 0 fully saturated rings. The maximum absolute atomic E-state index is 12.0. The van der Waals surface area contributed by atoms with Crippen LogP contribution in [0.4, 0.5) is 0 Å². The zero-order valence-electron chi connectivity index (χ0n) is 10.7. The van der Waals surface area contributed by atoms with Crippen molar-refractivity contribution in [2.45, 2.75) is 40.2 Å². The standard InChI is InChI=1S/C10H25N3O2S/c1-5-13(6-2)16(14,15)12-10(7-8-11)9(3)4/h9-10,12H,5-8,11H2,1-4H3. The molecule has 0 spiro atoms. The summed E-state index contributed by atoms with van der Waals surface area (Å²) in [5, 5.41) is 0. The fraction of sp³-hybridized carbons (Fsp3) is 1.00. The van der Waals surface area contributed by atoms with Crippen molar-refractivity contribution in [1.29, 1.82) is 0 Å². The summed E-state index contributed by atoms with van der Waals surface area (Å²) in [6.07, 6.45) is 0.665. The van der Waals surface area contributed by atoms with Gasteiger partial charge in [0.25, 0.3) is 10.2 Å². The molecular formula is C10H25N3O2S. The van der Waals surface area contributed by atoms with Crippen LogP contribution in [0.3, 0.4) is 0 Å². The second-order valence-corrected chi connectivity index (χ2v) is 5.84. The fourth-order valence-electron chi connectivity index (χ4n) is 1.54. The Bertz CT molecular complexity index is 274. The highest BCUT2D eigenvalue weighted by Gasteiger charge is 2.24. The molecule has 0 radical (unpaired) electrons. The molecule has 0 bridgehead atoms. The van der Waals surface area contributed by atoms with Gasteiger partial charge in [-0.15, -0.1) is 0 Å². The monoisotopic (exact) mass is 251 g/mol. The third-order valence-corrected chi connectivity index (χ3v) is 4.42. The highest BCUT2D eigenvalue weighted by Crippen LogP contribution is 2.08. The lowest BCUT2D eigenvalue weighted by atomic mass is 10.0. The van der Waals surface area contributed by atoms with Crippen LogP contribution in [0.1, 0.15) is 34.1 Å². The van der Waals surface area contributed by atoms with E-state index in [0.29, 0.717) is 26.1 Å². The number of nitrogens with one attached hydrogen (secondary N) is 1. The summed E-state index contributed by atoms with van der Waals surface area (Å²) in [5.74, 6) is 0.244. The summed E-state index contributed by atoms with van der Waals surface area (Å²) in [6, 6.07) is -0.0874. The summed E-state index contributed by atoms with van der Waals surface area (Å²) in [4.78, 5) is 0. The summed E-state index contributed by atoms with van der Waals surface area (Å²) >= 11 is 0. The lowest BCUT2D eigenvalue weighted by molar-refractivity contribution is 0.389. The van der Waals surface area contributed by atoms with E-state index in [4.69, 9.17) is 5.73 Å². The molecule has 0 aromatic carbocycles. The van der Waals surface area contributed by atoms with Gasteiger partial charge in [0.2, 0.25) is 0 Å². The smallest absolute Gasteiger partial charge is 0.279 e. The molecule has 98 valence electrons. The van der Waals surface area contributed by atoms with Crippen LogP contribution in [0.5, 0.6) is 0 Å². The Kier molecular flexibility index (Phi) is 7.14. The Morgan fingerprint density at radius 1 is 1.25 bits per heavy atom. The minimum Gasteiger partial charge on any atom is -0.330 e. The molecule has 1 unspecified atom stereocenters. The summed E-state index contributed by atoms with van der Waals surface area (Å²) < 4.78 is 28.0. The second-order valence-electron chi connectivity index (χ2n) is 4.14.